The normalized spacial score (nSPS) is 21.0. The minimum absolute atomic E-state index is 0.0285. The van der Waals surface area contributed by atoms with Gasteiger partial charge in [-0.2, -0.15) is 5.26 Å². The van der Waals surface area contributed by atoms with Crippen molar-refractivity contribution in [3.05, 3.63) is 35.9 Å². The van der Waals surface area contributed by atoms with Crippen molar-refractivity contribution in [2.24, 2.45) is 5.92 Å². The second-order valence-corrected chi connectivity index (χ2v) is 13.5. The Labute approximate surface area is 296 Å². The number of likely N-dealkylation sites (tertiary alicyclic amines) is 2. The summed E-state index contributed by atoms with van der Waals surface area (Å²) < 4.78 is 44.3. The number of nitriles is 1. The molecule has 2 amide bonds. The lowest BCUT2D eigenvalue weighted by Crippen LogP contribution is -2.53. The lowest BCUT2D eigenvalue weighted by Gasteiger charge is -2.40. The second kappa shape index (κ2) is 17.8. The van der Waals surface area contributed by atoms with Gasteiger partial charge in [-0.1, -0.05) is 44.2 Å². The molecule has 3 heterocycles. The van der Waals surface area contributed by atoms with E-state index in [9.17, 15) is 48.2 Å². The van der Waals surface area contributed by atoms with E-state index < -0.39 is 91.4 Å². The van der Waals surface area contributed by atoms with Crippen LogP contribution in [0.5, 0.6) is 0 Å². The molecule has 3 atom stereocenters. The minimum atomic E-state index is -2.83. The van der Waals surface area contributed by atoms with Gasteiger partial charge in [0.1, 0.15) is 12.5 Å². The van der Waals surface area contributed by atoms with Crippen molar-refractivity contribution in [3.8, 4) is 6.07 Å². The number of carbonyl (C=O) groups is 5. The fourth-order valence-corrected chi connectivity index (χ4v) is 6.63. The third-order valence-corrected chi connectivity index (χ3v) is 9.24. The summed E-state index contributed by atoms with van der Waals surface area (Å²) in [7, 11) is -1.55. The predicted molar refractivity (Wildman–Crippen MR) is 178 cm³/mol. The number of hydrogen-bond donors (Lipinski definition) is 3. The summed E-state index contributed by atoms with van der Waals surface area (Å²) in [4.78, 5) is 65.7. The zero-order chi connectivity index (χ0) is 38.0. The minimum Gasteiger partial charge on any atom is -0.506 e. The lowest BCUT2D eigenvalue weighted by molar-refractivity contribution is -0.157. The van der Waals surface area contributed by atoms with Gasteiger partial charge in [-0.15, -0.1) is 0 Å². The van der Waals surface area contributed by atoms with E-state index in [1.165, 1.54) is 4.90 Å². The van der Waals surface area contributed by atoms with Crippen LogP contribution in [0.4, 0.5) is 13.6 Å². The third-order valence-electron chi connectivity index (χ3n) is 9.24. The van der Waals surface area contributed by atoms with Crippen molar-refractivity contribution in [1.82, 2.24) is 15.1 Å². The van der Waals surface area contributed by atoms with Crippen molar-refractivity contribution < 1.29 is 57.0 Å². The maximum absolute atomic E-state index is 13.9. The fourth-order valence-electron chi connectivity index (χ4n) is 6.63. The van der Waals surface area contributed by atoms with Gasteiger partial charge in [-0.3, -0.25) is 24.1 Å². The molecule has 1 aromatic rings. The molecule has 3 aliphatic heterocycles. The summed E-state index contributed by atoms with van der Waals surface area (Å²) in [5, 5.41) is 31.2. The van der Waals surface area contributed by atoms with Crippen molar-refractivity contribution in [2.75, 3.05) is 26.2 Å². The standard InChI is InChI=1S/C32H41BF2N4O10.C2H6/c1-30(2,38-13-11-32(34,35)20-38)15-22(18-36)27(44)39-12-7-6-10-23(39)19-47-29(46)37-24(14-21-8-4-3-5-9-21)33-48-28(45)31(49-33,16-25(40)41)17-26(42)43;1-2/h3-5,8-9,22-24H,6-7,10-17,19-20H2,1-2H3,(H,37,46)(H,40,41)(H,42,43);1-2H3. The summed E-state index contributed by atoms with van der Waals surface area (Å²) in [6.07, 6.45) is -1.29. The number of nitrogens with one attached hydrogen (secondary N) is 1. The van der Waals surface area contributed by atoms with E-state index in [2.05, 4.69) is 5.32 Å². The number of carbonyl (C=O) groups excluding carboxylic acids is 3. The van der Waals surface area contributed by atoms with Gasteiger partial charge in [0.2, 0.25) is 5.91 Å². The molecule has 280 valence electrons. The van der Waals surface area contributed by atoms with Crippen LogP contribution in [0.3, 0.4) is 0 Å². The topological polar surface area (TPSA) is 196 Å². The number of piperidine rings is 1. The smallest absolute Gasteiger partial charge is 0.506 e. The Kier molecular flexibility index (Phi) is 14.3. The van der Waals surface area contributed by atoms with E-state index in [0.717, 1.165) is 6.42 Å². The molecule has 3 aliphatic rings. The second-order valence-electron chi connectivity index (χ2n) is 13.5. The summed E-state index contributed by atoms with van der Waals surface area (Å²) >= 11 is 0. The van der Waals surface area contributed by atoms with E-state index in [1.54, 1.807) is 49.1 Å². The zero-order valence-electron chi connectivity index (χ0n) is 29.4. The number of aliphatic carboxylic acids is 2. The number of carboxylic acids is 2. The first-order chi connectivity index (χ1) is 24.0. The van der Waals surface area contributed by atoms with Crippen molar-refractivity contribution in [3.63, 3.8) is 0 Å². The van der Waals surface area contributed by atoms with Gasteiger partial charge >= 0.3 is 31.1 Å². The van der Waals surface area contributed by atoms with Gasteiger partial charge in [0.15, 0.2) is 5.60 Å². The van der Waals surface area contributed by atoms with Crippen LogP contribution in [0, 0.1) is 17.2 Å². The summed E-state index contributed by atoms with van der Waals surface area (Å²) in [6, 6.07) is 10.2. The van der Waals surface area contributed by atoms with Gasteiger partial charge in [-0.05, 0) is 51.5 Å². The van der Waals surface area contributed by atoms with E-state index >= 15 is 0 Å². The van der Waals surface area contributed by atoms with Gasteiger partial charge in [0.25, 0.3) is 5.92 Å². The Hall–Kier alpha value is -4.30. The molecule has 51 heavy (non-hydrogen) atoms. The number of alkyl carbamates (subject to hydrolysis) is 1. The largest absolute Gasteiger partial charge is 0.552 e. The predicted octanol–water partition coefficient (Wildman–Crippen LogP) is 3.67. The molecule has 3 N–H and O–H groups in total. The van der Waals surface area contributed by atoms with E-state index in [1.807, 2.05) is 19.9 Å². The molecule has 1 aromatic carbocycles. The third kappa shape index (κ3) is 11.1. The number of halogens is 2. The molecule has 17 heteroatoms. The van der Waals surface area contributed by atoms with Crippen LogP contribution in [-0.2, 0) is 39.6 Å². The van der Waals surface area contributed by atoms with E-state index in [4.69, 9.17) is 14.0 Å². The van der Waals surface area contributed by atoms with Crippen LogP contribution < -0.4 is 5.32 Å². The number of nitrogens with zero attached hydrogens (tertiary/aromatic N) is 3. The number of benzene rings is 1. The Balaban J connectivity index is 0.00000345. The molecule has 0 bridgehead atoms. The first-order valence-electron chi connectivity index (χ1n) is 17.2. The number of rotatable bonds is 14. The number of ether oxygens (including phenoxy) is 1. The highest BCUT2D eigenvalue weighted by atomic mass is 19.3. The Morgan fingerprint density at radius 2 is 1.76 bits per heavy atom. The van der Waals surface area contributed by atoms with Crippen molar-refractivity contribution >= 4 is 37.0 Å². The van der Waals surface area contributed by atoms with Crippen LogP contribution in [-0.4, -0.2) is 112 Å². The van der Waals surface area contributed by atoms with Crippen LogP contribution in [0.15, 0.2) is 30.3 Å². The Bertz CT molecular complexity index is 1430. The number of alkyl halides is 2. The molecular weight excluding hydrogens is 673 g/mol. The highest BCUT2D eigenvalue weighted by Crippen LogP contribution is 2.36. The van der Waals surface area contributed by atoms with Gasteiger partial charge in [0.05, 0.1) is 37.4 Å². The van der Waals surface area contributed by atoms with E-state index in [-0.39, 0.29) is 32.4 Å². The molecule has 14 nitrogen and oxygen atoms in total. The fraction of sp³-hybridized carbons (Fsp3) is 0.647. The quantitative estimate of drug-likeness (QED) is 0.236. The van der Waals surface area contributed by atoms with Crippen LogP contribution in [0.2, 0.25) is 0 Å². The first kappa shape index (κ1) is 41.1. The Morgan fingerprint density at radius 3 is 2.33 bits per heavy atom. The highest BCUT2D eigenvalue weighted by Gasteiger charge is 2.58. The summed E-state index contributed by atoms with van der Waals surface area (Å²) in [5.74, 6) is -9.72. The van der Waals surface area contributed by atoms with Crippen molar-refractivity contribution in [2.45, 2.75) is 108 Å². The van der Waals surface area contributed by atoms with Gasteiger partial charge < -0.3 is 34.5 Å². The Morgan fingerprint density at radius 1 is 1.12 bits per heavy atom. The van der Waals surface area contributed by atoms with Gasteiger partial charge in [0, 0.05) is 25.0 Å². The average Bonchev–Trinajstić information content (AvgIpc) is 3.61. The molecule has 4 rings (SSSR count). The van der Waals surface area contributed by atoms with Gasteiger partial charge in [-0.25, -0.2) is 13.6 Å². The summed E-state index contributed by atoms with van der Waals surface area (Å²) in [6.45, 7) is 7.24. The number of amides is 2. The molecular formula is C34H47BF2N4O10. The van der Waals surface area contributed by atoms with Crippen LogP contribution in [0.25, 0.3) is 0 Å². The number of hydrogen-bond acceptors (Lipinski definition) is 10. The molecule has 0 aromatic heterocycles. The van der Waals surface area contributed by atoms with Crippen LogP contribution in [0.1, 0.15) is 78.2 Å². The van der Waals surface area contributed by atoms with Crippen LogP contribution >= 0.6 is 0 Å². The van der Waals surface area contributed by atoms with E-state index in [0.29, 0.717) is 24.9 Å². The molecule has 0 saturated carbocycles. The monoisotopic (exact) mass is 720 g/mol. The number of carboxylic acid groups (broad SMARTS) is 2. The summed E-state index contributed by atoms with van der Waals surface area (Å²) in [5.41, 5.74) is -2.48. The highest BCUT2D eigenvalue weighted by molar-refractivity contribution is 6.51. The van der Waals surface area contributed by atoms with Crippen molar-refractivity contribution in [1.29, 1.82) is 5.26 Å². The lowest BCUT2D eigenvalue weighted by atomic mass is 9.75. The molecule has 0 spiro atoms. The molecule has 3 saturated heterocycles. The molecule has 0 aliphatic carbocycles. The average molecular weight is 721 g/mol. The zero-order valence-corrected chi connectivity index (χ0v) is 29.4. The first-order valence-corrected chi connectivity index (χ1v) is 17.2. The molecule has 0 radical (unpaired) electrons. The maximum Gasteiger partial charge on any atom is 0.552 e. The molecule has 3 fully saturated rings. The SMILES string of the molecule is CC.CC(C)(CC(C#N)C(=O)N1CCCCC1COC(=O)NC(Cc1ccccc1)B1OC(=O)C(CC(=O)O)(CC(=O)O)O1)N1CCC(F)(F)C1. The molecule has 3 unspecified atom stereocenters. The maximum atomic E-state index is 13.9.